The molecule has 1 heterocycles. The molecule has 3 aromatic carbocycles. The van der Waals surface area contributed by atoms with E-state index >= 15 is 0 Å². The maximum absolute atomic E-state index is 12.9. The van der Waals surface area contributed by atoms with Crippen LogP contribution in [0.5, 0.6) is 5.75 Å². The second-order valence-corrected chi connectivity index (χ2v) is 11.2. The van der Waals surface area contributed by atoms with Crippen molar-refractivity contribution in [3.05, 3.63) is 115 Å². The fourth-order valence-corrected chi connectivity index (χ4v) is 6.02. The summed E-state index contributed by atoms with van der Waals surface area (Å²) in [4.78, 5) is 32.2. The standard InChI is InChI=1S/C30H39N3O3.C6H6/c1-3-18-33(29(34)23-36-28-12-8-5-9-13-28)26-16-19-32(20-17-26)22-24-14-15-27(21-24)31(2)30(35)25-10-6-4-7-11-25;1-2-4-6-5-3-1/h3-13,24,26-27H,1,14-23H2,2H3;1-6H/t24-,27?;/m1./s1. The highest BCUT2D eigenvalue weighted by molar-refractivity contribution is 5.94. The van der Waals surface area contributed by atoms with Crippen LogP contribution in [0.2, 0.25) is 0 Å². The summed E-state index contributed by atoms with van der Waals surface area (Å²) in [5.74, 6) is 1.46. The normalized spacial score (nSPS) is 18.8. The molecular weight excluding hydrogens is 522 g/mol. The fraction of sp³-hybridized carbons (Fsp3) is 0.389. The van der Waals surface area contributed by atoms with Gasteiger partial charge in [0.15, 0.2) is 6.61 Å². The van der Waals surface area contributed by atoms with Gasteiger partial charge < -0.3 is 19.4 Å². The van der Waals surface area contributed by atoms with Crippen molar-refractivity contribution >= 4 is 11.8 Å². The van der Waals surface area contributed by atoms with E-state index in [1.165, 1.54) is 0 Å². The van der Waals surface area contributed by atoms with Crippen molar-refractivity contribution in [1.82, 2.24) is 14.7 Å². The Hall–Kier alpha value is -3.90. The summed E-state index contributed by atoms with van der Waals surface area (Å²) in [7, 11) is 1.95. The van der Waals surface area contributed by atoms with Crippen LogP contribution in [0.25, 0.3) is 0 Å². The molecule has 1 saturated heterocycles. The minimum absolute atomic E-state index is 0.0157. The van der Waals surface area contributed by atoms with E-state index in [9.17, 15) is 9.59 Å². The Bertz CT molecular complexity index is 1190. The number of hydrogen-bond donors (Lipinski definition) is 0. The lowest BCUT2D eigenvalue weighted by molar-refractivity contribution is -0.136. The molecule has 1 saturated carbocycles. The first-order chi connectivity index (χ1) is 20.5. The Kier molecular flexibility index (Phi) is 12.2. The van der Waals surface area contributed by atoms with E-state index in [1.807, 2.05) is 114 Å². The molecule has 2 aliphatic rings. The minimum atomic E-state index is 0.0157. The van der Waals surface area contributed by atoms with Gasteiger partial charge in [0.05, 0.1) is 0 Å². The topological polar surface area (TPSA) is 53.1 Å². The second kappa shape index (κ2) is 16.5. The highest BCUT2D eigenvalue weighted by atomic mass is 16.5. The zero-order chi connectivity index (χ0) is 29.6. The molecule has 6 heteroatoms. The van der Waals surface area contributed by atoms with E-state index < -0.39 is 0 Å². The van der Waals surface area contributed by atoms with Gasteiger partial charge in [0.25, 0.3) is 11.8 Å². The molecule has 5 rings (SSSR count). The maximum Gasteiger partial charge on any atom is 0.261 e. The Labute approximate surface area is 251 Å². The average molecular weight is 568 g/mol. The molecule has 6 nitrogen and oxygen atoms in total. The first kappa shape index (κ1) is 31.0. The molecule has 42 heavy (non-hydrogen) atoms. The van der Waals surface area contributed by atoms with E-state index in [-0.39, 0.29) is 24.5 Å². The number of nitrogens with zero attached hydrogens (tertiary/aromatic N) is 3. The molecular formula is C36H45N3O3. The maximum atomic E-state index is 12.9. The number of ether oxygens (including phenoxy) is 1. The van der Waals surface area contributed by atoms with Crippen molar-refractivity contribution in [1.29, 1.82) is 0 Å². The van der Waals surface area contributed by atoms with Gasteiger partial charge in [0.2, 0.25) is 0 Å². The summed E-state index contributed by atoms with van der Waals surface area (Å²) in [6.07, 6.45) is 7.03. The number of piperidine rings is 1. The average Bonchev–Trinajstić information content (AvgIpc) is 3.52. The molecule has 1 unspecified atom stereocenters. The van der Waals surface area contributed by atoms with Crippen LogP contribution in [0.15, 0.2) is 110 Å². The molecule has 2 amide bonds. The lowest BCUT2D eigenvalue weighted by atomic mass is 10.00. The Morgan fingerprint density at radius 1 is 0.833 bits per heavy atom. The van der Waals surface area contributed by atoms with Crippen LogP contribution in [0, 0.1) is 5.92 Å². The van der Waals surface area contributed by atoms with Gasteiger partial charge in [0.1, 0.15) is 5.75 Å². The number of hydrogen-bond acceptors (Lipinski definition) is 4. The Morgan fingerprint density at radius 2 is 1.40 bits per heavy atom. The third kappa shape index (κ3) is 9.31. The highest BCUT2D eigenvalue weighted by Crippen LogP contribution is 2.31. The van der Waals surface area contributed by atoms with Gasteiger partial charge in [-0.2, -0.15) is 0 Å². The quantitative estimate of drug-likeness (QED) is 0.275. The first-order valence-corrected chi connectivity index (χ1v) is 15.2. The van der Waals surface area contributed by atoms with Crippen LogP contribution in [0.3, 0.4) is 0 Å². The van der Waals surface area contributed by atoms with Crippen molar-refractivity contribution < 1.29 is 14.3 Å². The van der Waals surface area contributed by atoms with Gasteiger partial charge in [-0.3, -0.25) is 9.59 Å². The number of rotatable bonds is 10. The van der Waals surface area contributed by atoms with Crippen LogP contribution in [-0.4, -0.2) is 78.4 Å². The molecule has 0 spiro atoms. The third-order valence-corrected chi connectivity index (χ3v) is 8.33. The van der Waals surface area contributed by atoms with Gasteiger partial charge in [-0.25, -0.2) is 0 Å². The minimum Gasteiger partial charge on any atom is -0.484 e. The number of benzene rings is 3. The summed E-state index contributed by atoms with van der Waals surface area (Å²) >= 11 is 0. The van der Waals surface area contributed by atoms with E-state index in [0.717, 1.165) is 57.3 Å². The third-order valence-electron chi connectivity index (χ3n) is 8.33. The lowest BCUT2D eigenvalue weighted by Crippen LogP contribution is -2.49. The van der Waals surface area contributed by atoms with E-state index in [1.54, 1.807) is 6.08 Å². The van der Waals surface area contributed by atoms with Gasteiger partial charge in [-0.1, -0.05) is 78.9 Å². The van der Waals surface area contributed by atoms with Crippen molar-refractivity contribution in [2.24, 2.45) is 5.92 Å². The number of carbonyl (C=O) groups excluding carboxylic acids is 2. The van der Waals surface area contributed by atoms with Crippen molar-refractivity contribution in [2.75, 3.05) is 39.8 Å². The monoisotopic (exact) mass is 567 g/mol. The van der Waals surface area contributed by atoms with E-state index in [0.29, 0.717) is 24.3 Å². The molecule has 1 aliphatic heterocycles. The molecule has 3 aromatic rings. The molecule has 0 N–H and O–H groups in total. The smallest absolute Gasteiger partial charge is 0.261 e. The fourth-order valence-electron chi connectivity index (χ4n) is 6.02. The predicted octanol–water partition coefficient (Wildman–Crippen LogP) is 6.17. The predicted molar refractivity (Wildman–Crippen MR) is 169 cm³/mol. The van der Waals surface area contributed by atoms with Crippen LogP contribution < -0.4 is 4.74 Å². The number of carbonyl (C=O) groups is 2. The largest absolute Gasteiger partial charge is 0.484 e. The zero-order valence-corrected chi connectivity index (χ0v) is 24.9. The molecule has 0 aromatic heterocycles. The van der Waals surface area contributed by atoms with Gasteiger partial charge in [-0.05, 0) is 62.3 Å². The van der Waals surface area contributed by atoms with Gasteiger partial charge in [0, 0.05) is 50.9 Å². The number of amides is 2. The SMILES string of the molecule is C=CCN(C(=O)COc1ccccc1)C1CCN(C[C@@H]2CCC(N(C)C(=O)c3ccccc3)C2)CC1.c1ccccc1. The van der Waals surface area contributed by atoms with E-state index in [4.69, 9.17) is 4.74 Å². The Morgan fingerprint density at radius 3 is 2.00 bits per heavy atom. The summed E-state index contributed by atoms with van der Waals surface area (Å²) < 4.78 is 5.71. The van der Waals surface area contributed by atoms with Crippen molar-refractivity contribution in [3.63, 3.8) is 0 Å². The lowest BCUT2D eigenvalue weighted by Gasteiger charge is -2.39. The molecule has 1 aliphatic carbocycles. The van der Waals surface area contributed by atoms with Crippen LogP contribution in [-0.2, 0) is 4.79 Å². The van der Waals surface area contributed by atoms with Gasteiger partial charge >= 0.3 is 0 Å². The molecule has 0 bridgehead atoms. The van der Waals surface area contributed by atoms with Crippen LogP contribution in [0.4, 0.5) is 0 Å². The zero-order valence-electron chi connectivity index (χ0n) is 24.9. The second-order valence-electron chi connectivity index (χ2n) is 11.2. The van der Waals surface area contributed by atoms with Crippen LogP contribution >= 0.6 is 0 Å². The Balaban J connectivity index is 0.000000600. The summed E-state index contributed by atoms with van der Waals surface area (Å²) in [6.45, 7) is 7.52. The van der Waals surface area contributed by atoms with E-state index in [2.05, 4.69) is 11.5 Å². The summed E-state index contributed by atoms with van der Waals surface area (Å²) in [5, 5.41) is 0. The molecule has 222 valence electrons. The molecule has 2 atom stereocenters. The summed E-state index contributed by atoms with van der Waals surface area (Å²) in [5.41, 5.74) is 0.762. The van der Waals surface area contributed by atoms with Crippen molar-refractivity contribution in [2.45, 2.75) is 44.2 Å². The molecule has 2 fully saturated rings. The number of para-hydroxylation sites is 1. The van der Waals surface area contributed by atoms with Gasteiger partial charge in [-0.15, -0.1) is 6.58 Å². The van der Waals surface area contributed by atoms with Crippen molar-refractivity contribution in [3.8, 4) is 5.75 Å². The first-order valence-electron chi connectivity index (χ1n) is 15.2. The summed E-state index contributed by atoms with van der Waals surface area (Å²) in [6, 6.07) is 31.6. The highest BCUT2D eigenvalue weighted by Gasteiger charge is 2.33. The molecule has 0 radical (unpaired) electrons. The van der Waals surface area contributed by atoms with Crippen LogP contribution in [0.1, 0.15) is 42.5 Å². The number of likely N-dealkylation sites (tertiary alicyclic amines) is 1.